The third-order valence-electron chi connectivity index (χ3n) is 5.51. The number of nitrogens with zero attached hydrogens (tertiary/aromatic N) is 2. The maximum atomic E-state index is 13.5. The van der Waals surface area contributed by atoms with Crippen molar-refractivity contribution in [1.82, 2.24) is 15.0 Å². The minimum absolute atomic E-state index is 0.112. The number of hydrogen-bond acceptors (Lipinski definition) is 4. The summed E-state index contributed by atoms with van der Waals surface area (Å²) < 4.78 is 32.3. The van der Waals surface area contributed by atoms with E-state index in [1.54, 1.807) is 25.1 Å². The zero-order valence-corrected chi connectivity index (χ0v) is 13.4. The van der Waals surface area contributed by atoms with Crippen LogP contribution in [0.4, 0.5) is 8.78 Å². The normalized spacial score (nSPS) is 26.8. The van der Waals surface area contributed by atoms with Crippen molar-refractivity contribution in [1.29, 1.82) is 0 Å². The van der Waals surface area contributed by atoms with E-state index in [-0.39, 0.29) is 11.5 Å². The first kappa shape index (κ1) is 14.7. The maximum Gasteiger partial charge on any atom is 0.259 e. The van der Waals surface area contributed by atoms with E-state index in [9.17, 15) is 13.6 Å². The monoisotopic (exact) mass is 343 g/mol. The van der Waals surface area contributed by atoms with Gasteiger partial charge in [0.05, 0.1) is 11.3 Å². The molecule has 2 aromatic heterocycles. The number of H-pyrrole nitrogens is 1. The number of alkyl halides is 2. The number of aromatic amines is 1. The Morgan fingerprint density at radius 1 is 1.28 bits per heavy atom. The second kappa shape index (κ2) is 4.74. The molecule has 2 aliphatic carbocycles. The molecule has 2 atom stereocenters. The second-order valence-corrected chi connectivity index (χ2v) is 7.00. The van der Waals surface area contributed by atoms with Gasteiger partial charge in [-0.05, 0) is 37.5 Å². The Balaban J connectivity index is 1.63. The smallest absolute Gasteiger partial charge is 0.259 e. The summed E-state index contributed by atoms with van der Waals surface area (Å²) in [6.07, 6.45) is 2.11. The molecule has 0 spiro atoms. The summed E-state index contributed by atoms with van der Waals surface area (Å²) in [7, 11) is 0. The number of benzene rings is 1. The average Bonchev–Trinajstić information content (AvgIpc) is 3.02. The molecule has 25 heavy (non-hydrogen) atoms. The highest BCUT2D eigenvalue weighted by molar-refractivity contribution is 5.80. The number of rotatable bonds is 2. The lowest BCUT2D eigenvalue weighted by molar-refractivity contribution is 0.0693. The zero-order chi connectivity index (χ0) is 17.3. The van der Waals surface area contributed by atoms with Crippen LogP contribution in [0.5, 0.6) is 0 Å². The topological polar surface area (TPSA) is 71.8 Å². The maximum absolute atomic E-state index is 13.5. The summed E-state index contributed by atoms with van der Waals surface area (Å²) in [5.74, 6) is -3.28. The van der Waals surface area contributed by atoms with Crippen LogP contribution in [-0.4, -0.2) is 20.9 Å². The summed E-state index contributed by atoms with van der Waals surface area (Å²) in [5.41, 5.74) is 2.76. The van der Waals surface area contributed by atoms with Crippen LogP contribution in [0, 0.1) is 18.8 Å². The molecule has 2 unspecified atom stereocenters. The van der Waals surface area contributed by atoms with E-state index in [4.69, 9.17) is 4.42 Å². The minimum Gasteiger partial charge on any atom is -0.443 e. The number of aryl methyl sites for hydroxylation is 1. The van der Waals surface area contributed by atoms with Crippen molar-refractivity contribution in [2.24, 2.45) is 11.8 Å². The van der Waals surface area contributed by atoms with Crippen molar-refractivity contribution >= 4 is 11.1 Å². The molecule has 2 heterocycles. The van der Waals surface area contributed by atoms with E-state index in [1.165, 1.54) is 6.39 Å². The van der Waals surface area contributed by atoms with Gasteiger partial charge in [0.1, 0.15) is 11.3 Å². The molecule has 2 saturated carbocycles. The van der Waals surface area contributed by atoms with Crippen molar-refractivity contribution in [3.8, 4) is 11.1 Å². The quantitative estimate of drug-likeness (QED) is 0.771. The third kappa shape index (κ3) is 2.08. The molecule has 3 aromatic rings. The SMILES string of the molecule is Cc1nc(C2CC3C(C2)C3(F)F)c(-c2ccc3ocnc3c2)c(=O)[nH]1. The van der Waals surface area contributed by atoms with Gasteiger partial charge in [-0.25, -0.2) is 18.7 Å². The molecule has 0 bridgehead atoms. The lowest BCUT2D eigenvalue weighted by atomic mass is 9.92. The second-order valence-electron chi connectivity index (χ2n) is 7.00. The van der Waals surface area contributed by atoms with Gasteiger partial charge in [0, 0.05) is 17.8 Å². The summed E-state index contributed by atoms with van der Waals surface area (Å²) in [6.45, 7) is 1.71. The van der Waals surface area contributed by atoms with Crippen molar-refractivity contribution in [3.05, 3.63) is 46.5 Å². The molecule has 0 saturated heterocycles. The predicted octanol–water partition coefficient (Wildman–Crippen LogP) is 3.65. The van der Waals surface area contributed by atoms with Gasteiger partial charge in [-0.3, -0.25) is 4.79 Å². The molecule has 1 aromatic carbocycles. The Morgan fingerprint density at radius 3 is 2.80 bits per heavy atom. The van der Waals surface area contributed by atoms with Crippen LogP contribution in [-0.2, 0) is 0 Å². The molecule has 5 rings (SSSR count). The highest BCUT2D eigenvalue weighted by Crippen LogP contribution is 2.67. The lowest BCUT2D eigenvalue weighted by Gasteiger charge is -2.17. The molecule has 7 heteroatoms. The van der Waals surface area contributed by atoms with Crippen LogP contribution in [0.1, 0.15) is 30.3 Å². The first-order valence-electron chi connectivity index (χ1n) is 8.27. The highest BCUT2D eigenvalue weighted by Gasteiger charge is 2.71. The molecule has 0 radical (unpaired) electrons. The minimum atomic E-state index is -2.54. The fourth-order valence-electron chi connectivity index (χ4n) is 4.23. The summed E-state index contributed by atoms with van der Waals surface area (Å²) in [5, 5.41) is 0. The largest absolute Gasteiger partial charge is 0.443 e. The van der Waals surface area contributed by atoms with Gasteiger partial charge in [-0.15, -0.1) is 0 Å². The Kier molecular flexibility index (Phi) is 2.80. The van der Waals surface area contributed by atoms with Gasteiger partial charge in [0.2, 0.25) is 0 Å². The Morgan fingerprint density at radius 2 is 2.04 bits per heavy atom. The Labute approximate surface area is 141 Å². The van der Waals surface area contributed by atoms with E-state index in [0.717, 1.165) is 0 Å². The molecule has 1 N–H and O–H groups in total. The molecule has 2 fully saturated rings. The van der Waals surface area contributed by atoms with Crippen LogP contribution in [0.25, 0.3) is 22.2 Å². The van der Waals surface area contributed by atoms with Gasteiger partial charge in [-0.1, -0.05) is 6.07 Å². The van der Waals surface area contributed by atoms with E-state index in [0.29, 0.717) is 46.6 Å². The molecule has 2 aliphatic rings. The van der Waals surface area contributed by atoms with Crippen LogP contribution in [0.2, 0.25) is 0 Å². The Bertz CT molecular complexity index is 1040. The lowest BCUT2D eigenvalue weighted by Crippen LogP contribution is -2.19. The van der Waals surface area contributed by atoms with Gasteiger partial charge in [0.25, 0.3) is 11.5 Å². The van der Waals surface area contributed by atoms with Gasteiger partial charge >= 0.3 is 0 Å². The summed E-state index contributed by atoms with van der Waals surface area (Å²) in [6, 6.07) is 5.30. The van der Waals surface area contributed by atoms with E-state index in [2.05, 4.69) is 15.0 Å². The van der Waals surface area contributed by atoms with Gasteiger partial charge < -0.3 is 9.40 Å². The van der Waals surface area contributed by atoms with Gasteiger partial charge in [0.15, 0.2) is 12.0 Å². The van der Waals surface area contributed by atoms with Crippen LogP contribution < -0.4 is 5.56 Å². The van der Waals surface area contributed by atoms with Crippen molar-refractivity contribution in [2.45, 2.75) is 31.6 Å². The standard InChI is InChI=1S/C18H15F2N3O2/c1-8-22-16(10-4-11-12(5-10)18(11,19)20)15(17(24)23-8)9-2-3-14-13(6-9)21-7-25-14/h2-3,6-7,10-12H,4-5H2,1H3,(H,22,23,24). The first-order chi connectivity index (χ1) is 11.9. The van der Waals surface area contributed by atoms with E-state index in [1.807, 2.05) is 0 Å². The summed E-state index contributed by atoms with van der Waals surface area (Å²) in [4.78, 5) is 24.0. The number of oxazole rings is 1. The number of nitrogens with one attached hydrogen (secondary N) is 1. The van der Waals surface area contributed by atoms with Crippen molar-refractivity contribution < 1.29 is 13.2 Å². The number of halogens is 2. The highest BCUT2D eigenvalue weighted by atomic mass is 19.3. The van der Waals surface area contributed by atoms with Crippen LogP contribution >= 0.6 is 0 Å². The number of hydrogen-bond donors (Lipinski definition) is 1. The molecular formula is C18H15F2N3O2. The molecule has 5 nitrogen and oxygen atoms in total. The molecule has 0 amide bonds. The van der Waals surface area contributed by atoms with Crippen LogP contribution in [0.3, 0.4) is 0 Å². The fourth-order valence-corrected chi connectivity index (χ4v) is 4.23. The zero-order valence-electron chi connectivity index (χ0n) is 13.4. The van der Waals surface area contributed by atoms with Crippen molar-refractivity contribution in [3.63, 3.8) is 0 Å². The van der Waals surface area contributed by atoms with Crippen LogP contribution in [0.15, 0.2) is 33.8 Å². The van der Waals surface area contributed by atoms with Gasteiger partial charge in [-0.2, -0.15) is 0 Å². The fraction of sp³-hybridized carbons (Fsp3) is 0.389. The number of aromatic nitrogens is 3. The predicted molar refractivity (Wildman–Crippen MR) is 86.5 cm³/mol. The average molecular weight is 343 g/mol. The molecular weight excluding hydrogens is 328 g/mol. The Hall–Kier alpha value is -2.57. The summed E-state index contributed by atoms with van der Waals surface area (Å²) >= 11 is 0. The van der Waals surface area contributed by atoms with E-state index < -0.39 is 17.8 Å². The molecule has 0 aliphatic heterocycles. The first-order valence-corrected chi connectivity index (χ1v) is 8.27. The molecule has 128 valence electrons. The van der Waals surface area contributed by atoms with Crippen molar-refractivity contribution in [2.75, 3.05) is 0 Å². The number of fused-ring (bicyclic) bond motifs is 2. The van der Waals surface area contributed by atoms with E-state index >= 15 is 0 Å². The third-order valence-corrected chi connectivity index (χ3v) is 5.51.